The lowest BCUT2D eigenvalue weighted by Crippen LogP contribution is -2.60. The second-order valence-corrected chi connectivity index (χ2v) is 21.2. The predicted molar refractivity (Wildman–Crippen MR) is 199 cm³/mol. The summed E-state index contributed by atoms with van der Waals surface area (Å²) in [6.45, 7) is 23.5. The zero-order valence-electron chi connectivity index (χ0n) is 31.7. The molecule has 0 radical (unpaired) electrons. The van der Waals surface area contributed by atoms with Crippen LogP contribution in [0.2, 0.25) is 16.6 Å². The SMILES string of the molecule is CC(C)[Si](OC(CNC(=O)OC(C)(C)C)[C@@H](CNC(=O)c1[nH]c2ccccc2c1-c1ccc(F)cc1)NC(=O)OC(C)(C)C)(C(C)C)C(C)C. The third-order valence-corrected chi connectivity index (χ3v) is 14.7. The van der Waals surface area contributed by atoms with Crippen LogP contribution in [0.3, 0.4) is 0 Å². The topological polar surface area (TPSA) is 131 Å². The number of fused-ring (bicyclic) bond motifs is 1. The Morgan fingerprint density at radius 3 is 1.84 bits per heavy atom. The molecule has 2 aromatic carbocycles. The van der Waals surface area contributed by atoms with Gasteiger partial charge in [-0.25, -0.2) is 14.0 Å². The molecule has 0 spiro atoms. The number of hydrogen-bond acceptors (Lipinski definition) is 6. The fraction of sp³-hybridized carbons (Fsp3) is 0.553. The van der Waals surface area contributed by atoms with Gasteiger partial charge in [0, 0.05) is 29.6 Å². The number of aromatic amines is 1. The van der Waals surface area contributed by atoms with Crippen LogP contribution in [-0.2, 0) is 13.9 Å². The number of carbonyl (C=O) groups excluding carboxylic acids is 3. The number of para-hydroxylation sites is 1. The number of alkyl carbamates (subject to hydrolysis) is 2. The van der Waals surface area contributed by atoms with Crippen molar-refractivity contribution >= 4 is 37.3 Å². The van der Waals surface area contributed by atoms with Crippen molar-refractivity contribution in [3.8, 4) is 11.1 Å². The first-order chi connectivity index (χ1) is 23.1. The zero-order chi connectivity index (χ0) is 37.6. The van der Waals surface area contributed by atoms with Crippen molar-refractivity contribution in [2.24, 2.45) is 0 Å². The number of hydrogen-bond donors (Lipinski definition) is 4. The molecule has 276 valence electrons. The van der Waals surface area contributed by atoms with Crippen LogP contribution in [0.25, 0.3) is 22.0 Å². The van der Waals surface area contributed by atoms with Crippen LogP contribution in [0.15, 0.2) is 48.5 Å². The summed E-state index contributed by atoms with van der Waals surface area (Å²) in [5, 5.41) is 9.60. The van der Waals surface area contributed by atoms with Gasteiger partial charge < -0.3 is 34.8 Å². The molecule has 0 saturated carbocycles. The van der Waals surface area contributed by atoms with E-state index < -0.39 is 49.8 Å². The smallest absolute Gasteiger partial charge is 0.408 e. The molecule has 3 rings (SSSR count). The molecule has 0 bridgehead atoms. The number of benzene rings is 2. The Labute approximate surface area is 297 Å². The number of amides is 3. The van der Waals surface area contributed by atoms with Crippen molar-refractivity contribution in [1.29, 1.82) is 0 Å². The summed E-state index contributed by atoms with van der Waals surface area (Å²) in [5.41, 5.74) is 1.37. The molecule has 3 amide bonds. The van der Waals surface area contributed by atoms with Crippen LogP contribution < -0.4 is 16.0 Å². The maximum atomic E-state index is 14.1. The van der Waals surface area contributed by atoms with E-state index in [0.29, 0.717) is 11.1 Å². The molecule has 4 N–H and O–H groups in total. The second kappa shape index (κ2) is 16.4. The number of rotatable bonds is 13. The van der Waals surface area contributed by atoms with Gasteiger partial charge >= 0.3 is 12.2 Å². The molecule has 3 aromatic rings. The highest BCUT2D eigenvalue weighted by Gasteiger charge is 2.48. The van der Waals surface area contributed by atoms with Gasteiger partial charge in [0.15, 0.2) is 0 Å². The third kappa shape index (κ3) is 10.6. The number of carbonyl (C=O) groups is 3. The van der Waals surface area contributed by atoms with E-state index in [-0.39, 0.29) is 41.2 Å². The molecule has 1 heterocycles. The normalized spacial score (nSPS) is 13.8. The summed E-state index contributed by atoms with van der Waals surface area (Å²) in [7, 11) is -2.60. The van der Waals surface area contributed by atoms with E-state index >= 15 is 0 Å². The third-order valence-electron chi connectivity index (χ3n) is 8.61. The Morgan fingerprint density at radius 2 is 1.30 bits per heavy atom. The molecular weight excluding hydrogens is 656 g/mol. The summed E-state index contributed by atoms with van der Waals surface area (Å²) in [5.74, 6) is -0.819. The quantitative estimate of drug-likeness (QED) is 0.131. The highest BCUT2D eigenvalue weighted by atomic mass is 28.4. The van der Waals surface area contributed by atoms with Crippen LogP contribution in [0.5, 0.6) is 0 Å². The van der Waals surface area contributed by atoms with Gasteiger partial charge in [-0.2, -0.15) is 0 Å². The van der Waals surface area contributed by atoms with E-state index in [1.54, 1.807) is 53.7 Å². The van der Waals surface area contributed by atoms with Gasteiger partial charge in [-0.3, -0.25) is 4.79 Å². The van der Waals surface area contributed by atoms with Crippen molar-refractivity contribution in [3.63, 3.8) is 0 Å². The number of H-pyrrole nitrogens is 1. The van der Waals surface area contributed by atoms with E-state index in [2.05, 4.69) is 62.5 Å². The number of aromatic nitrogens is 1. The van der Waals surface area contributed by atoms with E-state index in [1.165, 1.54) is 12.1 Å². The van der Waals surface area contributed by atoms with Crippen molar-refractivity contribution in [1.82, 2.24) is 20.9 Å². The molecule has 0 saturated heterocycles. The average molecular weight is 713 g/mol. The number of halogens is 1. The minimum Gasteiger partial charge on any atom is -0.444 e. The summed E-state index contributed by atoms with van der Waals surface area (Å²) < 4.78 is 32.2. The Bertz CT molecular complexity index is 1590. The molecule has 12 heteroatoms. The highest BCUT2D eigenvalue weighted by Crippen LogP contribution is 2.43. The Balaban J connectivity index is 2.06. The Morgan fingerprint density at radius 1 is 0.760 bits per heavy atom. The van der Waals surface area contributed by atoms with Crippen molar-refractivity contribution in [3.05, 3.63) is 60.0 Å². The van der Waals surface area contributed by atoms with Crippen molar-refractivity contribution in [2.45, 2.75) is 123 Å². The maximum absolute atomic E-state index is 14.1. The number of nitrogens with one attached hydrogen (secondary N) is 4. The fourth-order valence-electron chi connectivity index (χ4n) is 6.69. The minimum atomic E-state index is -2.60. The van der Waals surface area contributed by atoms with Gasteiger partial charge in [0.25, 0.3) is 5.91 Å². The first-order valence-electron chi connectivity index (χ1n) is 17.4. The molecule has 50 heavy (non-hydrogen) atoms. The summed E-state index contributed by atoms with van der Waals surface area (Å²) in [6, 6.07) is 12.7. The molecule has 10 nitrogen and oxygen atoms in total. The minimum absolute atomic E-state index is 0.000620. The van der Waals surface area contributed by atoms with Crippen LogP contribution in [0.1, 0.15) is 93.6 Å². The largest absolute Gasteiger partial charge is 0.444 e. The second-order valence-electron chi connectivity index (χ2n) is 15.7. The average Bonchev–Trinajstić information content (AvgIpc) is 3.37. The van der Waals surface area contributed by atoms with E-state index in [4.69, 9.17) is 13.9 Å². The molecule has 2 atom stereocenters. The van der Waals surface area contributed by atoms with E-state index in [0.717, 1.165) is 10.9 Å². The lowest BCUT2D eigenvalue weighted by molar-refractivity contribution is 0.0394. The lowest BCUT2D eigenvalue weighted by Gasteiger charge is -2.46. The first kappa shape index (κ1) is 40.5. The van der Waals surface area contributed by atoms with Crippen molar-refractivity contribution < 1.29 is 32.7 Å². The Kier molecular flexibility index (Phi) is 13.3. The van der Waals surface area contributed by atoms with Gasteiger partial charge in [-0.1, -0.05) is 71.9 Å². The lowest BCUT2D eigenvalue weighted by atomic mass is 10.0. The summed E-state index contributed by atoms with van der Waals surface area (Å²) >= 11 is 0. The summed E-state index contributed by atoms with van der Waals surface area (Å²) in [6.07, 6.45) is -2.08. The molecular formula is C38H57FN4O6Si. The van der Waals surface area contributed by atoms with E-state index in [9.17, 15) is 18.8 Å². The molecule has 0 aliphatic heterocycles. The fourth-order valence-corrected chi connectivity index (χ4v) is 12.3. The predicted octanol–water partition coefficient (Wildman–Crippen LogP) is 8.68. The van der Waals surface area contributed by atoms with Crippen LogP contribution >= 0.6 is 0 Å². The van der Waals surface area contributed by atoms with Gasteiger partial charge in [0.2, 0.25) is 8.32 Å². The number of ether oxygens (including phenoxy) is 2. The standard InChI is InChI=1S/C38H57FN4O6Si/c1-23(2)50(24(3)4,25(5)6)49-31(22-41-35(45)47-37(7,8)9)30(43-36(46)48-38(10,11)12)21-40-34(44)33-32(26-17-19-27(39)20-18-26)28-15-13-14-16-29(28)42-33/h13-20,23-25,30-31,42H,21-22H2,1-12H3,(H,40,44)(H,41,45)(H,43,46)/t30-,31?/m1/s1. The van der Waals surface area contributed by atoms with Crippen LogP contribution in [0, 0.1) is 5.82 Å². The molecule has 1 aromatic heterocycles. The monoisotopic (exact) mass is 712 g/mol. The van der Waals surface area contributed by atoms with Gasteiger partial charge in [-0.05, 0) is 81.9 Å². The van der Waals surface area contributed by atoms with Crippen molar-refractivity contribution in [2.75, 3.05) is 13.1 Å². The molecule has 0 aliphatic rings. The van der Waals surface area contributed by atoms with Crippen LogP contribution in [0.4, 0.5) is 14.0 Å². The molecule has 0 fully saturated rings. The summed E-state index contributed by atoms with van der Waals surface area (Å²) in [4.78, 5) is 43.5. The Hall–Kier alpha value is -3.90. The first-order valence-corrected chi connectivity index (χ1v) is 19.6. The van der Waals surface area contributed by atoms with Gasteiger partial charge in [0.1, 0.15) is 22.7 Å². The van der Waals surface area contributed by atoms with E-state index in [1.807, 2.05) is 24.3 Å². The maximum Gasteiger partial charge on any atom is 0.408 e. The molecule has 1 unspecified atom stereocenters. The molecule has 0 aliphatic carbocycles. The van der Waals surface area contributed by atoms with Gasteiger partial charge in [-0.15, -0.1) is 0 Å². The van der Waals surface area contributed by atoms with Gasteiger partial charge in [0.05, 0.1) is 12.1 Å². The van der Waals surface area contributed by atoms with Crippen LogP contribution in [-0.4, -0.2) is 67.8 Å². The zero-order valence-corrected chi connectivity index (χ0v) is 32.7. The highest BCUT2D eigenvalue weighted by molar-refractivity contribution is 6.77.